The van der Waals surface area contributed by atoms with E-state index in [9.17, 15) is 0 Å². The first-order valence-electron chi connectivity index (χ1n) is 6.80. The predicted molar refractivity (Wildman–Crippen MR) is 82.3 cm³/mol. The van der Waals surface area contributed by atoms with Crippen LogP contribution in [0.1, 0.15) is 17.1 Å². The molecule has 6 heteroatoms. The lowest BCUT2D eigenvalue weighted by atomic mass is 10.2. The highest BCUT2D eigenvalue weighted by Gasteiger charge is 2.22. The van der Waals surface area contributed by atoms with Gasteiger partial charge in [0.05, 0.1) is 40.8 Å². The van der Waals surface area contributed by atoms with Crippen molar-refractivity contribution in [3.8, 4) is 0 Å². The van der Waals surface area contributed by atoms with Gasteiger partial charge in [-0.3, -0.25) is 0 Å². The third-order valence-corrected chi connectivity index (χ3v) is 5.88. The van der Waals surface area contributed by atoms with Crippen LogP contribution in [0.3, 0.4) is 0 Å². The van der Waals surface area contributed by atoms with E-state index in [4.69, 9.17) is 13.6 Å². The molecule has 0 spiro atoms. The Morgan fingerprint density at radius 1 is 1.05 bits per heavy atom. The summed E-state index contributed by atoms with van der Waals surface area (Å²) in [4.78, 5) is 2.49. The van der Waals surface area contributed by atoms with Crippen LogP contribution in [0, 0.1) is 0 Å². The Labute approximate surface area is 127 Å². The lowest BCUT2D eigenvalue weighted by Gasteiger charge is -2.27. The van der Waals surface area contributed by atoms with Crippen LogP contribution in [0.2, 0.25) is 0 Å². The molecule has 0 unspecified atom stereocenters. The molecule has 0 N–H and O–H groups in total. The summed E-state index contributed by atoms with van der Waals surface area (Å²) in [6, 6.07) is 8.02. The Balaban J connectivity index is 0.00000147. The topological polar surface area (TPSA) is 38.8 Å². The molecule has 0 saturated carbocycles. The van der Waals surface area contributed by atoms with Crippen LogP contribution in [0.25, 0.3) is 0 Å². The first-order valence-corrected chi connectivity index (χ1v) is 8.62. The average molecular weight is 314 g/mol. The highest BCUT2D eigenvalue weighted by Crippen LogP contribution is 2.24. The van der Waals surface area contributed by atoms with Gasteiger partial charge in [-0.05, 0) is 30.4 Å². The van der Waals surface area contributed by atoms with Crippen LogP contribution in [0.5, 0.6) is 0 Å². The number of morpholine rings is 1. The molecular weight excluding hydrogens is 294 g/mol. The maximum atomic E-state index is 5.59. The van der Waals surface area contributed by atoms with Gasteiger partial charge in [0, 0.05) is 13.1 Å². The van der Waals surface area contributed by atoms with Crippen molar-refractivity contribution in [3.05, 3.63) is 48.3 Å². The summed E-state index contributed by atoms with van der Waals surface area (Å²) < 4.78 is 16.6. The maximum Gasteiger partial charge on any atom is 0.110 e. The van der Waals surface area contributed by atoms with E-state index in [-0.39, 0.29) is 21.9 Å². The molecule has 110 valence electrons. The number of ether oxygens (including phenoxy) is 1. The number of nitrogens with zero attached hydrogens (tertiary/aromatic N) is 1. The Morgan fingerprint density at radius 3 is 2.15 bits per heavy atom. The molecule has 1 fully saturated rings. The summed E-state index contributed by atoms with van der Waals surface area (Å²) in [6.45, 7) is 3.83. The number of halogens is 1. The molecule has 4 nitrogen and oxygen atoms in total. The smallest absolute Gasteiger partial charge is 0.110 e. The molecule has 20 heavy (non-hydrogen) atoms. The van der Waals surface area contributed by atoms with Gasteiger partial charge < -0.3 is 18.5 Å². The van der Waals surface area contributed by atoms with Crippen LogP contribution in [0.4, 0.5) is 0 Å². The van der Waals surface area contributed by atoms with Gasteiger partial charge in [-0.2, -0.15) is 0 Å². The van der Waals surface area contributed by atoms with Crippen molar-refractivity contribution in [1.82, 2.24) is 4.90 Å². The number of hydrogen-bond acceptors (Lipinski definition) is 4. The Hall–Kier alpha value is -1.01. The summed E-state index contributed by atoms with van der Waals surface area (Å²) in [5.74, 6) is 2.07. The van der Waals surface area contributed by atoms with Crippen LogP contribution in [-0.4, -0.2) is 46.9 Å². The summed E-state index contributed by atoms with van der Waals surface area (Å²) in [5.41, 5.74) is 0.341. The summed E-state index contributed by atoms with van der Waals surface area (Å²) in [6.07, 6.45) is 4.66. The van der Waals surface area contributed by atoms with Crippen molar-refractivity contribution in [3.63, 3.8) is 0 Å². The zero-order chi connectivity index (χ0) is 12.9. The lowest BCUT2D eigenvalue weighted by Crippen LogP contribution is -2.39. The highest BCUT2D eigenvalue weighted by atomic mass is 35.5. The molecule has 2 aromatic heterocycles. The van der Waals surface area contributed by atoms with Crippen molar-refractivity contribution in [1.29, 1.82) is 0 Å². The van der Waals surface area contributed by atoms with Gasteiger partial charge in [-0.1, -0.05) is 0 Å². The van der Waals surface area contributed by atoms with E-state index < -0.39 is 0 Å². The van der Waals surface area contributed by atoms with E-state index in [0.29, 0.717) is 5.54 Å². The fourth-order valence-corrected chi connectivity index (χ4v) is 4.64. The zero-order valence-corrected chi connectivity index (χ0v) is 13.6. The first-order chi connectivity index (χ1) is 9.43. The van der Waals surface area contributed by atoms with Gasteiger partial charge in [0.1, 0.15) is 11.5 Å². The molecule has 0 atom stereocenters. The molecule has 0 radical (unpaired) electrons. The van der Waals surface area contributed by atoms with Crippen molar-refractivity contribution in [2.45, 2.75) is 5.54 Å². The van der Waals surface area contributed by atoms with E-state index in [2.05, 4.69) is 17.0 Å². The van der Waals surface area contributed by atoms with E-state index in [1.165, 1.54) is 6.17 Å². The van der Waals surface area contributed by atoms with Crippen LogP contribution in [-0.2, 0) is 4.74 Å². The second kappa shape index (κ2) is 7.69. The Morgan fingerprint density at radius 2 is 1.65 bits per heavy atom. The normalized spacial score (nSPS) is 16.9. The minimum absolute atomic E-state index is 0. The molecule has 0 bridgehead atoms. The third kappa shape index (κ3) is 3.76. The van der Waals surface area contributed by atoms with Crippen molar-refractivity contribution >= 4 is 21.9 Å². The quantitative estimate of drug-likeness (QED) is 0.790. The third-order valence-electron chi connectivity index (χ3n) is 3.61. The monoisotopic (exact) mass is 313 g/mol. The molecule has 0 aromatic carbocycles. The SMILES string of the molecule is Cl.c1coc(C([SiH2]CN2CCOCC2)c2ccco2)c1. The largest absolute Gasteiger partial charge is 0.469 e. The zero-order valence-electron chi connectivity index (χ0n) is 11.4. The van der Waals surface area contributed by atoms with E-state index in [0.717, 1.165) is 37.8 Å². The van der Waals surface area contributed by atoms with E-state index >= 15 is 0 Å². The van der Waals surface area contributed by atoms with E-state index in [1.807, 2.05) is 12.1 Å². The summed E-state index contributed by atoms with van der Waals surface area (Å²) in [7, 11) is -0.375. The molecule has 3 rings (SSSR count). The number of hydrogen-bond donors (Lipinski definition) is 0. The molecule has 2 aromatic rings. The first kappa shape index (κ1) is 15.4. The molecule has 1 aliphatic heterocycles. The highest BCUT2D eigenvalue weighted by molar-refractivity contribution is 6.39. The predicted octanol–water partition coefficient (Wildman–Crippen LogP) is 1.84. The average Bonchev–Trinajstić information content (AvgIpc) is 3.13. The fourth-order valence-electron chi connectivity index (χ4n) is 2.54. The number of rotatable bonds is 5. The van der Waals surface area contributed by atoms with Crippen LogP contribution in [0.15, 0.2) is 45.6 Å². The van der Waals surface area contributed by atoms with Gasteiger partial charge in [0.25, 0.3) is 0 Å². The molecule has 1 saturated heterocycles. The lowest BCUT2D eigenvalue weighted by molar-refractivity contribution is 0.0461. The molecule has 0 amide bonds. The Kier molecular flexibility index (Phi) is 5.91. The van der Waals surface area contributed by atoms with Gasteiger partial charge in [-0.15, -0.1) is 12.4 Å². The second-order valence-corrected chi connectivity index (χ2v) is 6.67. The van der Waals surface area contributed by atoms with Crippen molar-refractivity contribution < 1.29 is 13.6 Å². The second-order valence-electron chi connectivity index (χ2n) is 4.83. The molecule has 0 aliphatic carbocycles. The summed E-state index contributed by atoms with van der Waals surface area (Å²) in [5, 5.41) is 0. The fraction of sp³-hybridized carbons (Fsp3) is 0.429. The molecule has 1 aliphatic rings. The maximum absolute atomic E-state index is 5.59. The van der Waals surface area contributed by atoms with Crippen LogP contribution >= 0.6 is 12.4 Å². The molecule has 3 heterocycles. The minimum Gasteiger partial charge on any atom is -0.469 e. The van der Waals surface area contributed by atoms with Gasteiger partial charge in [0.15, 0.2) is 0 Å². The van der Waals surface area contributed by atoms with Crippen molar-refractivity contribution in [2.24, 2.45) is 0 Å². The minimum atomic E-state index is -0.375. The Bertz CT molecular complexity index is 434. The summed E-state index contributed by atoms with van der Waals surface area (Å²) >= 11 is 0. The molecular formula is C14H20ClNO3Si. The van der Waals surface area contributed by atoms with Gasteiger partial charge in [0.2, 0.25) is 0 Å². The van der Waals surface area contributed by atoms with E-state index in [1.54, 1.807) is 12.5 Å². The van der Waals surface area contributed by atoms with Gasteiger partial charge >= 0.3 is 0 Å². The van der Waals surface area contributed by atoms with Gasteiger partial charge in [-0.25, -0.2) is 0 Å². The standard InChI is InChI=1S/C14H19NO3Si.ClH/c1-3-12(17-7-1)14(13-4-2-8-18-13)19-11-15-5-9-16-10-6-15;/h1-4,7-8,14H,5-6,9-11,19H2;1H. The number of furan rings is 2. The van der Waals surface area contributed by atoms with Crippen LogP contribution < -0.4 is 0 Å². The van der Waals surface area contributed by atoms with Crippen molar-refractivity contribution in [2.75, 3.05) is 32.5 Å².